The molecule has 0 aliphatic carbocycles. The maximum Gasteiger partial charge on any atom is 0.242 e. The number of nitriles is 1. The molecular weight excluding hydrogens is 352 g/mol. The Balaban J connectivity index is 2.18. The average Bonchev–Trinajstić information content (AvgIpc) is 2.65. The van der Waals surface area contributed by atoms with Crippen molar-refractivity contribution in [1.29, 1.82) is 5.26 Å². The maximum atomic E-state index is 12.3. The van der Waals surface area contributed by atoms with Crippen LogP contribution in [-0.4, -0.2) is 39.2 Å². The Morgan fingerprint density at radius 2 is 1.81 bits per heavy atom. The third-order valence-corrected chi connectivity index (χ3v) is 5.37. The molecule has 0 amide bonds. The van der Waals surface area contributed by atoms with Crippen LogP contribution in [0, 0.1) is 11.3 Å². The Morgan fingerprint density at radius 3 is 2.42 bits per heavy atom. The summed E-state index contributed by atoms with van der Waals surface area (Å²) < 4.78 is 30.5. The Hall–Kier alpha value is -2.95. The number of para-hydroxylation sites is 1. The second-order valence-electron chi connectivity index (χ2n) is 5.49. The molecule has 26 heavy (non-hydrogen) atoms. The van der Waals surface area contributed by atoms with Crippen molar-refractivity contribution in [2.75, 3.05) is 20.7 Å². The number of ether oxygens (including phenoxy) is 1. The number of rotatable bonds is 7. The number of sulfonamides is 1. The Labute approximate surface area is 153 Å². The lowest BCUT2D eigenvalue weighted by Gasteiger charge is -2.11. The van der Waals surface area contributed by atoms with Gasteiger partial charge >= 0.3 is 0 Å². The first kappa shape index (κ1) is 19.4. The Bertz CT molecular complexity index is 956. The molecule has 0 saturated heterocycles. The van der Waals surface area contributed by atoms with Gasteiger partial charge in [0.05, 0.1) is 4.90 Å². The Kier molecular flexibility index (Phi) is 6.28. The van der Waals surface area contributed by atoms with Crippen LogP contribution in [0.2, 0.25) is 0 Å². The summed E-state index contributed by atoms with van der Waals surface area (Å²) in [5.74, 6) is 0.236. The number of benzene rings is 2. The first-order valence-corrected chi connectivity index (χ1v) is 9.14. The SMILES string of the molecule is CN(C)S(=O)(=O)c1ccc(C(=O)/C=C/c2ccccc2OCC#N)cc1. The summed E-state index contributed by atoms with van der Waals surface area (Å²) >= 11 is 0. The predicted molar refractivity (Wildman–Crippen MR) is 98.2 cm³/mol. The van der Waals surface area contributed by atoms with Gasteiger partial charge in [0.25, 0.3) is 0 Å². The third kappa shape index (κ3) is 4.57. The van der Waals surface area contributed by atoms with Crippen molar-refractivity contribution in [2.24, 2.45) is 0 Å². The van der Waals surface area contributed by atoms with Crippen molar-refractivity contribution in [3.63, 3.8) is 0 Å². The van der Waals surface area contributed by atoms with E-state index in [1.807, 2.05) is 6.07 Å². The lowest BCUT2D eigenvalue weighted by atomic mass is 10.1. The second-order valence-corrected chi connectivity index (χ2v) is 7.65. The van der Waals surface area contributed by atoms with Crippen molar-refractivity contribution in [3.8, 4) is 11.8 Å². The van der Waals surface area contributed by atoms with Crippen LogP contribution in [0.25, 0.3) is 6.08 Å². The van der Waals surface area contributed by atoms with Crippen molar-refractivity contribution in [2.45, 2.75) is 4.90 Å². The summed E-state index contributed by atoms with van der Waals surface area (Å²) in [6.07, 6.45) is 2.98. The van der Waals surface area contributed by atoms with E-state index in [0.717, 1.165) is 4.31 Å². The summed E-state index contributed by atoms with van der Waals surface area (Å²) in [5.41, 5.74) is 1.04. The molecule has 0 aliphatic rings. The summed E-state index contributed by atoms with van der Waals surface area (Å²) in [4.78, 5) is 12.4. The van der Waals surface area contributed by atoms with Gasteiger partial charge in [-0.3, -0.25) is 4.79 Å². The molecule has 0 aliphatic heterocycles. The molecule has 0 bridgehead atoms. The zero-order valence-corrected chi connectivity index (χ0v) is 15.2. The maximum absolute atomic E-state index is 12.3. The molecule has 0 radical (unpaired) electrons. The normalized spacial score (nSPS) is 11.5. The summed E-state index contributed by atoms with van der Waals surface area (Å²) in [7, 11) is -0.633. The molecule has 0 N–H and O–H groups in total. The molecule has 2 aromatic rings. The summed E-state index contributed by atoms with van der Waals surface area (Å²) in [6, 6.07) is 14.7. The van der Waals surface area contributed by atoms with Crippen molar-refractivity contribution >= 4 is 21.9 Å². The highest BCUT2D eigenvalue weighted by Crippen LogP contribution is 2.20. The number of nitrogens with zero attached hydrogens (tertiary/aromatic N) is 2. The minimum absolute atomic E-state index is 0.0827. The van der Waals surface area contributed by atoms with Crippen molar-refractivity contribution in [1.82, 2.24) is 4.31 Å². The topological polar surface area (TPSA) is 87.5 Å². The van der Waals surface area contributed by atoms with E-state index in [1.165, 1.54) is 44.4 Å². The zero-order valence-electron chi connectivity index (χ0n) is 14.4. The van der Waals surface area contributed by atoms with Gasteiger partial charge < -0.3 is 4.74 Å². The van der Waals surface area contributed by atoms with E-state index in [4.69, 9.17) is 10.00 Å². The first-order chi connectivity index (χ1) is 12.4. The monoisotopic (exact) mass is 370 g/mol. The fourth-order valence-corrected chi connectivity index (χ4v) is 3.03. The number of allylic oxidation sites excluding steroid dienone is 1. The van der Waals surface area contributed by atoms with Gasteiger partial charge in [0, 0.05) is 25.2 Å². The minimum Gasteiger partial charge on any atom is -0.478 e. The van der Waals surface area contributed by atoms with Gasteiger partial charge in [-0.2, -0.15) is 5.26 Å². The standard InChI is InChI=1S/C19H18N2O4S/c1-21(2)26(23,24)17-10-7-15(8-11-17)18(22)12-9-16-5-3-4-6-19(16)25-14-13-20/h3-12H,14H2,1-2H3/b12-9+. The molecule has 134 valence electrons. The average molecular weight is 370 g/mol. The number of hydrogen-bond donors (Lipinski definition) is 0. The van der Waals surface area contributed by atoms with Crippen LogP contribution >= 0.6 is 0 Å². The molecular formula is C19H18N2O4S. The van der Waals surface area contributed by atoms with Crippen LogP contribution in [0.4, 0.5) is 0 Å². The summed E-state index contributed by atoms with van der Waals surface area (Å²) in [5, 5.41) is 8.61. The van der Waals surface area contributed by atoms with Gasteiger partial charge in [-0.05, 0) is 42.5 Å². The van der Waals surface area contributed by atoms with Gasteiger partial charge in [-0.15, -0.1) is 0 Å². The van der Waals surface area contributed by atoms with Crippen LogP contribution < -0.4 is 4.74 Å². The zero-order chi connectivity index (χ0) is 19.2. The van der Waals surface area contributed by atoms with E-state index in [2.05, 4.69) is 0 Å². The number of carbonyl (C=O) groups excluding carboxylic acids is 1. The number of carbonyl (C=O) groups is 1. The molecule has 2 aromatic carbocycles. The second kappa shape index (κ2) is 8.43. The largest absolute Gasteiger partial charge is 0.478 e. The molecule has 6 nitrogen and oxygen atoms in total. The van der Waals surface area contributed by atoms with E-state index in [0.29, 0.717) is 16.9 Å². The number of ketones is 1. The van der Waals surface area contributed by atoms with Crippen LogP contribution in [0.1, 0.15) is 15.9 Å². The van der Waals surface area contributed by atoms with E-state index < -0.39 is 10.0 Å². The van der Waals surface area contributed by atoms with Crippen molar-refractivity contribution < 1.29 is 17.9 Å². The van der Waals surface area contributed by atoms with E-state index in [-0.39, 0.29) is 17.3 Å². The molecule has 0 fully saturated rings. The molecule has 0 atom stereocenters. The Morgan fingerprint density at radius 1 is 1.15 bits per heavy atom. The molecule has 0 unspecified atom stereocenters. The highest BCUT2D eigenvalue weighted by molar-refractivity contribution is 7.89. The highest BCUT2D eigenvalue weighted by Gasteiger charge is 2.17. The third-order valence-electron chi connectivity index (χ3n) is 3.54. The smallest absolute Gasteiger partial charge is 0.242 e. The molecule has 0 spiro atoms. The van der Waals surface area contributed by atoms with Crippen molar-refractivity contribution in [3.05, 3.63) is 65.7 Å². The molecule has 2 rings (SSSR count). The predicted octanol–water partition coefficient (Wildman–Crippen LogP) is 2.74. The van der Waals surface area contributed by atoms with E-state index >= 15 is 0 Å². The highest BCUT2D eigenvalue weighted by atomic mass is 32.2. The minimum atomic E-state index is -3.53. The van der Waals surface area contributed by atoms with Gasteiger partial charge in [-0.25, -0.2) is 12.7 Å². The molecule has 0 heterocycles. The van der Waals surface area contributed by atoms with E-state index in [9.17, 15) is 13.2 Å². The quantitative estimate of drug-likeness (QED) is 0.552. The molecule has 0 aromatic heterocycles. The summed E-state index contributed by atoms with van der Waals surface area (Å²) in [6.45, 7) is -0.0827. The van der Waals surface area contributed by atoms with Crippen LogP contribution in [0.5, 0.6) is 5.75 Å². The fourth-order valence-electron chi connectivity index (χ4n) is 2.12. The lowest BCUT2D eigenvalue weighted by molar-refractivity contribution is 0.104. The molecule has 7 heteroatoms. The van der Waals surface area contributed by atoms with Gasteiger partial charge in [0.1, 0.15) is 11.8 Å². The van der Waals surface area contributed by atoms with Crippen LogP contribution in [-0.2, 0) is 10.0 Å². The molecule has 0 saturated carbocycles. The van der Waals surface area contributed by atoms with E-state index in [1.54, 1.807) is 30.3 Å². The fraction of sp³-hybridized carbons (Fsp3) is 0.158. The number of hydrogen-bond acceptors (Lipinski definition) is 5. The van der Waals surface area contributed by atoms with Gasteiger partial charge in [0.15, 0.2) is 12.4 Å². The van der Waals surface area contributed by atoms with Crippen LogP contribution in [0.15, 0.2) is 59.5 Å². The lowest BCUT2D eigenvalue weighted by Crippen LogP contribution is -2.22. The van der Waals surface area contributed by atoms with Gasteiger partial charge in [-0.1, -0.05) is 18.2 Å². The first-order valence-electron chi connectivity index (χ1n) is 7.70. The van der Waals surface area contributed by atoms with Crippen LogP contribution in [0.3, 0.4) is 0 Å². The van der Waals surface area contributed by atoms with Gasteiger partial charge in [0.2, 0.25) is 10.0 Å².